The molecule has 0 bridgehead atoms. The van der Waals surface area contributed by atoms with E-state index in [2.05, 4.69) is 23.5 Å². The summed E-state index contributed by atoms with van der Waals surface area (Å²) in [7, 11) is 0. The summed E-state index contributed by atoms with van der Waals surface area (Å²) in [6.45, 7) is 2.72. The number of benzene rings is 2. The first kappa shape index (κ1) is 13.3. The molecule has 4 heteroatoms. The molecule has 1 fully saturated rings. The van der Waals surface area contributed by atoms with Gasteiger partial charge >= 0.3 is 5.76 Å². The third-order valence-electron chi connectivity index (χ3n) is 4.38. The Bertz CT molecular complexity index is 842. The summed E-state index contributed by atoms with van der Waals surface area (Å²) >= 11 is 0. The van der Waals surface area contributed by atoms with Gasteiger partial charge < -0.3 is 9.73 Å². The predicted molar refractivity (Wildman–Crippen MR) is 86.9 cm³/mol. The van der Waals surface area contributed by atoms with E-state index in [1.165, 1.54) is 0 Å². The first-order chi connectivity index (χ1) is 10.8. The minimum absolute atomic E-state index is 0.257. The van der Waals surface area contributed by atoms with E-state index in [-0.39, 0.29) is 5.76 Å². The molecule has 1 N–H and O–H groups in total. The van der Waals surface area contributed by atoms with Crippen LogP contribution in [0.2, 0.25) is 0 Å². The van der Waals surface area contributed by atoms with Gasteiger partial charge in [0.15, 0.2) is 5.58 Å². The van der Waals surface area contributed by atoms with Crippen LogP contribution in [0.15, 0.2) is 57.7 Å². The summed E-state index contributed by atoms with van der Waals surface area (Å²) in [6.07, 6.45) is 1.11. The van der Waals surface area contributed by atoms with Crippen LogP contribution in [-0.4, -0.2) is 17.7 Å². The van der Waals surface area contributed by atoms with Crippen LogP contribution in [-0.2, 0) is 6.54 Å². The summed E-state index contributed by atoms with van der Waals surface area (Å²) in [5.41, 5.74) is 3.80. The molecule has 4 rings (SSSR count). The van der Waals surface area contributed by atoms with Crippen molar-refractivity contribution in [3.63, 3.8) is 0 Å². The van der Waals surface area contributed by atoms with Crippen molar-refractivity contribution in [2.24, 2.45) is 5.92 Å². The molecule has 0 saturated carbocycles. The highest BCUT2D eigenvalue weighted by molar-refractivity contribution is 5.80. The maximum absolute atomic E-state index is 12.2. The fraction of sp³-hybridized carbons (Fsp3) is 0.278. The zero-order chi connectivity index (χ0) is 14.9. The Hall–Kier alpha value is -2.33. The van der Waals surface area contributed by atoms with Gasteiger partial charge in [-0.25, -0.2) is 4.79 Å². The van der Waals surface area contributed by atoms with Crippen LogP contribution in [0.3, 0.4) is 0 Å². The van der Waals surface area contributed by atoms with E-state index in [4.69, 9.17) is 4.42 Å². The average Bonchev–Trinajstić information content (AvgIpc) is 3.17. The average molecular weight is 294 g/mol. The molecule has 3 aromatic rings. The molecule has 0 radical (unpaired) electrons. The van der Waals surface area contributed by atoms with Gasteiger partial charge in [-0.05, 0) is 48.7 Å². The van der Waals surface area contributed by atoms with Gasteiger partial charge in [0.25, 0.3) is 0 Å². The molecule has 112 valence electrons. The molecule has 1 unspecified atom stereocenters. The highest BCUT2D eigenvalue weighted by Crippen LogP contribution is 2.24. The molecular weight excluding hydrogens is 276 g/mol. The first-order valence-corrected chi connectivity index (χ1v) is 7.71. The number of oxazole rings is 1. The van der Waals surface area contributed by atoms with Crippen molar-refractivity contribution in [3.05, 3.63) is 59.1 Å². The van der Waals surface area contributed by atoms with Crippen LogP contribution in [0.1, 0.15) is 6.42 Å². The van der Waals surface area contributed by atoms with Crippen molar-refractivity contribution in [1.82, 2.24) is 9.88 Å². The Labute approximate surface area is 128 Å². The highest BCUT2D eigenvalue weighted by atomic mass is 16.4. The Morgan fingerprint density at radius 3 is 2.77 bits per heavy atom. The Morgan fingerprint density at radius 1 is 1.14 bits per heavy atom. The molecule has 1 aliphatic rings. The normalized spacial score (nSPS) is 18.1. The smallest absolute Gasteiger partial charge is 0.408 e. The van der Waals surface area contributed by atoms with Gasteiger partial charge in [-0.3, -0.25) is 4.57 Å². The Balaban J connectivity index is 1.79. The zero-order valence-electron chi connectivity index (χ0n) is 12.3. The molecular formula is C18H18N2O2. The summed E-state index contributed by atoms with van der Waals surface area (Å²) < 4.78 is 7.16. The molecule has 1 aliphatic heterocycles. The zero-order valence-corrected chi connectivity index (χ0v) is 12.3. The summed E-state index contributed by atoms with van der Waals surface area (Å²) in [5.74, 6) is 0.242. The van der Waals surface area contributed by atoms with Crippen LogP contribution in [0, 0.1) is 5.92 Å². The minimum atomic E-state index is -0.257. The summed E-state index contributed by atoms with van der Waals surface area (Å²) in [6, 6.07) is 16.1. The van der Waals surface area contributed by atoms with Gasteiger partial charge in [0.2, 0.25) is 0 Å². The van der Waals surface area contributed by atoms with E-state index in [0.717, 1.165) is 42.7 Å². The monoisotopic (exact) mass is 294 g/mol. The van der Waals surface area contributed by atoms with Crippen LogP contribution in [0.5, 0.6) is 0 Å². The SMILES string of the molecule is O=c1oc2ccc(-c3ccccc3)cc2n1CC1CCNC1. The van der Waals surface area contributed by atoms with Crippen LogP contribution >= 0.6 is 0 Å². The van der Waals surface area contributed by atoms with Gasteiger partial charge in [-0.2, -0.15) is 0 Å². The number of nitrogens with zero attached hydrogens (tertiary/aromatic N) is 1. The molecule has 2 heterocycles. The van der Waals surface area contributed by atoms with Gasteiger partial charge in [-0.15, -0.1) is 0 Å². The molecule has 0 aliphatic carbocycles. The lowest BCUT2D eigenvalue weighted by molar-refractivity contribution is 0.438. The maximum atomic E-state index is 12.2. The lowest BCUT2D eigenvalue weighted by atomic mass is 10.1. The first-order valence-electron chi connectivity index (χ1n) is 7.71. The maximum Gasteiger partial charge on any atom is 0.419 e. The lowest BCUT2D eigenvalue weighted by Gasteiger charge is -2.09. The van der Waals surface area contributed by atoms with E-state index >= 15 is 0 Å². The molecule has 0 spiro atoms. The molecule has 22 heavy (non-hydrogen) atoms. The topological polar surface area (TPSA) is 47.2 Å². The number of hydrogen-bond acceptors (Lipinski definition) is 3. The van der Waals surface area contributed by atoms with Gasteiger partial charge in [0.05, 0.1) is 5.52 Å². The van der Waals surface area contributed by atoms with E-state index in [0.29, 0.717) is 11.5 Å². The molecule has 1 atom stereocenters. The standard InChI is InChI=1S/C18H18N2O2/c21-18-20(12-13-8-9-19-11-13)16-10-15(6-7-17(16)22-18)14-4-2-1-3-5-14/h1-7,10,13,19H,8-9,11-12H2. The van der Waals surface area contributed by atoms with E-state index < -0.39 is 0 Å². The predicted octanol–water partition coefficient (Wildman–Crippen LogP) is 2.87. The molecule has 1 saturated heterocycles. The second-order valence-electron chi connectivity index (χ2n) is 5.89. The summed E-state index contributed by atoms with van der Waals surface area (Å²) in [5, 5.41) is 3.34. The summed E-state index contributed by atoms with van der Waals surface area (Å²) in [4.78, 5) is 12.2. The van der Waals surface area contributed by atoms with Crippen LogP contribution in [0.25, 0.3) is 22.2 Å². The molecule has 4 nitrogen and oxygen atoms in total. The van der Waals surface area contributed by atoms with Crippen LogP contribution in [0.4, 0.5) is 0 Å². The third kappa shape index (κ3) is 2.35. The largest absolute Gasteiger partial charge is 0.419 e. The molecule has 1 aromatic heterocycles. The second kappa shape index (κ2) is 5.46. The Kier molecular flexibility index (Phi) is 3.31. The quantitative estimate of drug-likeness (QED) is 0.808. The van der Waals surface area contributed by atoms with Gasteiger partial charge in [0.1, 0.15) is 0 Å². The van der Waals surface area contributed by atoms with Crippen molar-refractivity contribution in [1.29, 1.82) is 0 Å². The number of nitrogens with one attached hydrogen (secondary N) is 1. The third-order valence-corrected chi connectivity index (χ3v) is 4.38. The number of fused-ring (bicyclic) bond motifs is 1. The van der Waals surface area contributed by atoms with Crippen molar-refractivity contribution in [3.8, 4) is 11.1 Å². The lowest BCUT2D eigenvalue weighted by Crippen LogP contribution is -2.21. The fourth-order valence-corrected chi connectivity index (χ4v) is 3.17. The van der Waals surface area contributed by atoms with E-state index in [1.54, 1.807) is 4.57 Å². The van der Waals surface area contributed by atoms with E-state index in [9.17, 15) is 4.79 Å². The minimum Gasteiger partial charge on any atom is -0.408 e. The van der Waals surface area contributed by atoms with Crippen molar-refractivity contribution < 1.29 is 4.42 Å². The number of hydrogen-bond donors (Lipinski definition) is 1. The van der Waals surface area contributed by atoms with Crippen molar-refractivity contribution >= 4 is 11.1 Å². The van der Waals surface area contributed by atoms with Gasteiger partial charge in [-0.1, -0.05) is 36.4 Å². The van der Waals surface area contributed by atoms with Crippen molar-refractivity contribution in [2.75, 3.05) is 13.1 Å². The second-order valence-corrected chi connectivity index (χ2v) is 5.89. The number of rotatable bonds is 3. The fourth-order valence-electron chi connectivity index (χ4n) is 3.17. The molecule has 0 amide bonds. The van der Waals surface area contributed by atoms with Gasteiger partial charge in [0, 0.05) is 6.54 Å². The van der Waals surface area contributed by atoms with E-state index in [1.807, 2.05) is 30.3 Å². The number of aromatic nitrogens is 1. The highest BCUT2D eigenvalue weighted by Gasteiger charge is 2.18. The molecule has 2 aromatic carbocycles. The van der Waals surface area contributed by atoms with Crippen LogP contribution < -0.4 is 11.1 Å². The van der Waals surface area contributed by atoms with Crippen molar-refractivity contribution in [2.45, 2.75) is 13.0 Å². The Morgan fingerprint density at radius 2 is 2.00 bits per heavy atom.